The zero-order valence-electron chi connectivity index (χ0n) is 15.9. The number of rotatable bonds is 7. The predicted molar refractivity (Wildman–Crippen MR) is 118 cm³/mol. The van der Waals surface area contributed by atoms with Crippen LogP contribution in [0, 0.1) is 0 Å². The zero-order valence-corrected chi connectivity index (χ0v) is 16.7. The summed E-state index contributed by atoms with van der Waals surface area (Å²) in [7, 11) is 0. The number of H-pyrrole nitrogens is 1. The number of nitrogens with zero attached hydrogens (tertiary/aromatic N) is 1. The summed E-state index contributed by atoms with van der Waals surface area (Å²) in [6.07, 6.45) is 5.49. The van der Waals surface area contributed by atoms with Crippen LogP contribution in [0.25, 0.3) is 16.5 Å². The Hall–Kier alpha value is -2.50. The number of aromatic amines is 1. The number of nitrogens with two attached hydrogens (primary N) is 1. The number of benzene rings is 2. The fourth-order valence-corrected chi connectivity index (χ4v) is 4.73. The molecule has 1 aliphatic rings. The van der Waals surface area contributed by atoms with Crippen LogP contribution in [0.1, 0.15) is 27.9 Å². The molecule has 5 heteroatoms. The van der Waals surface area contributed by atoms with E-state index >= 15 is 0 Å². The number of primary amides is 1. The first-order valence-electron chi connectivity index (χ1n) is 9.65. The average molecular weight is 392 g/mol. The number of fused-ring (bicyclic) bond motifs is 1. The van der Waals surface area contributed by atoms with Gasteiger partial charge in [-0.3, -0.25) is 9.69 Å². The van der Waals surface area contributed by atoms with Gasteiger partial charge in [0.25, 0.3) is 5.91 Å². The number of nitrogens with one attached hydrogen (secondary N) is 1. The molecular formula is C23H25N3OS. The summed E-state index contributed by atoms with van der Waals surface area (Å²) in [6.45, 7) is 3.24. The standard InChI is InChI=1S/C23H25N3OS/c24-23(27)21-8-4-7-20-19(15-25-22(20)21)16-28-14-13-26-11-9-18(10-12-26)17-5-2-1-3-6-17/h1-9,15,25H,10-14,16H2,(H2,24,27). The second-order valence-corrected chi connectivity index (χ2v) is 8.21. The Morgan fingerprint density at radius 2 is 2.00 bits per heavy atom. The van der Waals surface area contributed by atoms with Gasteiger partial charge in [0.15, 0.2) is 0 Å². The first kappa shape index (κ1) is 18.8. The maximum atomic E-state index is 11.6. The predicted octanol–water partition coefficient (Wildman–Crippen LogP) is 4.29. The third-order valence-electron chi connectivity index (χ3n) is 5.31. The van der Waals surface area contributed by atoms with Crippen LogP contribution in [0.15, 0.2) is 60.8 Å². The van der Waals surface area contributed by atoms with Crippen molar-refractivity contribution in [3.8, 4) is 0 Å². The molecule has 4 rings (SSSR count). The lowest BCUT2D eigenvalue weighted by molar-refractivity contribution is 0.100. The number of para-hydroxylation sites is 1. The Labute approximate surface area is 169 Å². The molecule has 1 aliphatic heterocycles. The molecule has 144 valence electrons. The molecule has 28 heavy (non-hydrogen) atoms. The highest BCUT2D eigenvalue weighted by Gasteiger charge is 2.13. The maximum Gasteiger partial charge on any atom is 0.250 e. The van der Waals surface area contributed by atoms with Crippen molar-refractivity contribution >= 4 is 34.1 Å². The van der Waals surface area contributed by atoms with E-state index < -0.39 is 0 Å². The molecule has 0 spiro atoms. The summed E-state index contributed by atoms with van der Waals surface area (Å²) >= 11 is 1.93. The molecule has 0 unspecified atom stereocenters. The van der Waals surface area contributed by atoms with Crippen LogP contribution in [-0.2, 0) is 5.75 Å². The van der Waals surface area contributed by atoms with E-state index in [1.165, 1.54) is 16.7 Å². The normalized spacial score (nSPS) is 14.9. The van der Waals surface area contributed by atoms with Crippen molar-refractivity contribution in [2.75, 3.05) is 25.4 Å². The third-order valence-corrected chi connectivity index (χ3v) is 6.30. The minimum atomic E-state index is -0.389. The number of carbonyl (C=O) groups excluding carboxylic acids is 1. The van der Waals surface area contributed by atoms with Gasteiger partial charge in [-0.1, -0.05) is 48.5 Å². The highest BCUT2D eigenvalue weighted by atomic mass is 32.2. The lowest BCUT2D eigenvalue weighted by Gasteiger charge is -2.26. The second kappa shape index (κ2) is 8.67. The highest BCUT2D eigenvalue weighted by Crippen LogP contribution is 2.26. The van der Waals surface area contributed by atoms with E-state index in [9.17, 15) is 4.79 Å². The van der Waals surface area contributed by atoms with Crippen molar-refractivity contribution in [1.29, 1.82) is 0 Å². The van der Waals surface area contributed by atoms with Crippen LogP contribution in [-0.4, -0.2) is 41.2 Å². The lowest BCUT2D eigenvalue weighted by atomic mass is 10.00. The molecule has 3 N–H and O–H groups in total. The molecule has 2 heterocycles. The first-order valence-corrected chi connectivity index (χ1v) is 10.8. The molecule has 1 aromatic heterocycles. The number of carbonyl (C=O) groups is 1. The molecule has 0 fully saturated rings. The van der Waals surface area contributed by atoms with Gasteiger partial charge in [-0.15, -0.1) is 0 Å². The van der Waals surface area contributed by atoms with Gasteiger partial charge in [0, 0.05) is 42.7 Å². The number of hydrogen-bond acceptors (Lipinski definition) is 3. The molecule has 0 aliphatic carbocycles. The molecule has 0 radical (unpaired) electrons. The summed E-state index contributed by atoms with van der Waals surface area (Å²) in [5, 5.41) is 1.09. The molecule has 3 aromatic rings. The average Bonchev–Trinajstić information content (AvgIpc) is 3.15. The highest BCUT2D eigenvalue weighted by molar-refractivity contribution is 7.98. The quantitative estimate of drug-likeness (QED) is 0.591. The number of aromatic nitrogens is 1. The smallest absolute Gasteiger partial charge is 0.250 e. The largest absolute Gasteiger partial charge is 0.366 e. The summed E-state index contributed by atoms with van der Waals surface area (Å²) in [5.74, 6) is 1.64. The molecule has 0 saturated heterocycles. The van der Waals surface area contributed by atoms with Crippen molar-refractivity contribution in [2.45, 2.75) is 12.2 Å². The Balaban J connectivity index is 1.28. The van der Waals surface area contributed by atoms with Gasteiger partial charge in [-0.05, 0) is 29.2 Å². The molecule has 0 saturated carbocycles. The van der Waals surface area contributed by atoms with Crippen molar-refractivity contribution < 1.29 is 4.79 Å². The SMILES string of the molecule is NC(=O)c1cccc2c(CSCCN3CC=C(c4ccccc4)CC3)c[nH]c12. The fraction of sp³-hybridized carbons (Fsp3) is 0.261. The Morgan fingerprint density at radius 1 is 1.14 bits per heavy atom. The topological polar surface area (TPSA) is 62.1 Å². The minimum Gasteiger partial charge on any atom is -0.366 e. The Bertz CT molecular complexity index is 994. The number of thioether (sulfide) groups is 1. The fourth-order valence-electron chi connectivity index (χ4n) is 3.74. The van der Waals surface area contributed by atoms with Gasteiger partial charge >= 0.3 is 0 Å². The van der Waals surface area contributed by atoms with Crippen LogP contribution < -0.4 is 5.73 Å². The van der Waals surface area contributed by atoms with Gasteiger partial charge < -0.3 is 10.7 Å². The van der Waals surface area contributed by atoms with Crippen LogP contribution >= 0.6 is 11.8 Å². The van der Waals surface area contributed by atoms with Gasteiger partial charge in [-0.2, -0.15) is 11.8 Å². The van der Waals surface area contributed by atoms with E-state index in [1.54, 1.807) is 6.07 Å². The van der Waals surface area contributed by atoms with E-state index in [0.717, 1.165) is 48.5 Å². The van der Waals surface area contributed by atoms with Crippen LogP contribution in [0.5, 0.6) is 0 Å². The maximum absolute atomic E-state index is 11.6. The van der Waals surface area contributed by atoms with E-state index in [1.807, 2.05) is 24.0 Å². The summed E-state index contributed by atoms with van der Waals surface area (Å²) in [4.78, 5) is 17.3. The van der Waals surface area contributed by atoms with Crippen molar-refractivity contribution in [3.63, 3.8) is 0 Å². The van der Waals surface area contributed by atoms with Crippen LogP contribution in [0.3, 0.4) is 0 Å². The first-order chi connectivity index (χ1) is 13.7. The molecular weight excluding hydrogens is 366 g/mol. The van der Waals surface area contributed by atoms with E-state index in [2.05, 4.69) is 52.4 Å². The van der Waals surface area contributed by atoms with Gasteiger partial charge in [-0.25, -0.2) is 0 Å². The van der Waals surface area contributed by atoms with Crippen molar-refractivity contribution in [1.82, 2.24) is 9.88 Å². The van der Waals surface area contributed by atoms with Crippen molar-refractivity contribution in [2.24, 2.45) is 5.73 Å². The van der Waals surface area contributed by atoms with Gasteiger partial charge in [0.05, 0.1) is 11.1 Å². The lowest BCUT2D eigenvalue weighted by Crippen LogP contribution is -2.30. The Morgan fingerprint density at radius 3 is 2.75 bits per heavy atom. The molecule has 0 bridgehead atoms. The zero-order chi connectivity index (χ0) is 19.3. The monoisotopic (exact) mass is 391 g/mol. The number of hydrogen-bond donors (Lipinski definition) is 2. The van der Waals surface area contributed by atoms with E-state index in [-0.39, 0.29) is 5.91 Å². The molecule has 1 amide bonds. The van der Waals surface area contributed by atoms with E-state index in [4.69, 9.17) is 5.73 Å². The minimum absolute atomic E-state index is 0.389. The van der Waals surface area contributed by atoms with Gasteiger partial charge in [0.1, 0.15) is 0 Å². The molecule has 2 aromatic carbocycles. The van der Waals surface area contributed by atoms with Crippen LogP contribution in [0.4, 0.5) is 0 Å². The summed E-state index contributed by atoms with van der Waals surface area (Å²) < 4.78 is 0. The number of amides is 1. The van der Waals surface area contributed by atoms with Gasteiger partial charge in [0.2, 0.25) is 0 Å². The summed E-state index contributed by atoms with van der Waals surface area (Å²) in [6, 6.07) is 16.4. The molecule has 4 nitrogen and oxygen atoms in total. The second-order valence-electron chi connectivity index (χ2n) is 7.10. The Kier molecular flexibility index (Phi) is 5.84. The summed E-state index contributed by atoms with van der Waals surface area (Å²) in [5.41, 5.74) is 10.9. The van der Waals surface area contributed by atoms with E-state index in [0.29, 0.717) is 5.56 Å². The third kappa shape index (κ3) is 4.16. The molecule has 0 atom stereocenters. The van der Waals surface area contributed by atoms with Crippen LogP contribution in [0.2, 0.25) is 0 Å². The van der Waals surface area contributed by atoms with Crippen molar-refractivity contribution in [3.05, 3.63) is 77.5 Å².